The number of hydrogen-bond acceptors (Lipinski definition) is 9. The summed E-state index contributed by atoms with van der Waals surface area (Å²) in [5.74, 6) is -0.995. The summed E-state index contributed by atoms with van der Waals surface area (Å²) in [4.78, 5) is 16.7. The Morgan fingerprint density at radius 3 is 2.58 bits per heavy atom. The predicted octanol–water partition coefficient (Wildman–Crippen LogP) is 5.93. The fourth-order valence-corrected chi connectivity index (χ4v) is 6.19. The minimum Gasteiger partial charge on any atom is -0.446 e. The average molecular weight is 623 g/mol. The lowest BCUT2D eigenvalue weighted by molar-refractivity contribution is -0.274. The second-order valence-corrected chi connectivity index (χ2v) is 11.4. The molecule has 2 N–H and O–H groups in total. The Balaban J connectivity index is 1.45. The number of benzene rings is 2. The van der Waals surface area contributed by atoms with Crippen LogP contribution in [0.5, 0.6) is 16.6 Å². The van der Waals surface area contributed by atoms with E-state index in [0.29, 0.717) is 30.2 Å². The van der Waals surface area contributed by atoms with E-state index in [0.717, 1.165) is 48.3 Å². The van der Waals surface area contributed by atoms with Gasteiger partial charge < -0.3 is 34.1 Å². The summed E-state index contributed by atoms with van der Waals surface area (Å²) in [5, 5.41) is 23.1. The van der Waals surface area contributed by atoms with Crippen molar-refractivity contribution in [3.63, 3.8) is 0 Å². The van der Waals surface area contributed by atoms with E-state index in [1.165, 1.54) is 21.9 Å². The van der Waals surface area contributed by atoms with Gasteiger partial charge in [0.2, 0.25) is 6.35 Å². The number of alkyl halides is 3. The van der Waals surface area contributed by atoms with Crippen molar-refractivity contribution in [3.8, 4) is 16.6 Å². The molecule has 2 aliphatic heterocycles. The predicted molar refractivity (Wildman–Crippen MR) is 152 cm³/mol. The van der Waals surface area contributed by atoms with E-state index >= 15 is 0 Å². The van der Waals surface area contributed by atoms with Gasteiger partial charge in [0.1, 0.15) is 22.6 Å². The van der Waals surface area contributed by atoms with E-state index < -0.39 is 30.5 Å². The molecule has 3 unspecified atom stereocenters. The molecule has 1 aromatic heterocycles. The Bertz CT molecular complexity index is 1410. The van der Waals surface area contributed by atoms with Gasteiger partial charge in [-0.25, -0.2) is 0 Å². The fourth-order valence-electron chi connectivity index (χ4n) is 5.02. The number of hydrogen-bond donors (Lipinski definition) is 2. The number of thiophene rings is 1. The van der Waals surface area contributed by atoms with Crippen LogP contribution in [-0.2, 0) is 9.47 Å². The first-order valence-electron chi connectivity index (χ1n) is 13.9. The Kier molecular flexibility index (Phi) is 9.47. The molecule has 3 aromatic rings. The lowest BCUT2D eigenvalue weighted by atomic mass is 9.97. The molecule has 1 amide bonds. The van der Waals surface area contributed by atoms with E-state index in [4.69, 9.17) is 14.2 Å². The highest BCUT2D eigenvalue weighted by atomic mass is 32.1. The summed E-state index contributed by atoms with van der Waals surface area (Å²) in [6.45, 7) is 3.04. The standard InChI is InChI=1S/C30H33F3N2O7S/c1-18-10-12-19(13-11-18)25(36)23-24-26(37)35(14-6-16-40-22-9-3-4-15-39-22)29(38)34(2)27(24)43-28(23)41-20-7-5-8-21(17-20)42-30(31,32)33/h5,7-8,10-13,17,22,25,29,36,38H,3-4,6,9,14-16H2,1-2H3. The quantitative estimate of drug-likeness (QED) is 0.269. The van der Waals surface area contributed by atoms with E-state index in [2.05, 4.69) is 4.74 Å². The summed E-state index contributed by atoms with van der Waals surface area (Å²) in [5.41, 5.74) is 1.73. The van der Waals surface area contributed by atoms with Gasteiger partial charge in [0, 0.05) is 26.3 Å². The zero-order valence-corrected chi connectivity index (χ0v) is 24.5. The van der Waals surface area contributed by atoms with Crippen molar-refractivity contribution < 1.29 is 47.1 Å². The first-order chi connectivity index (χ1) is 20.5. The molecule has 0 bridgehead atoms. The van der Waals surface area contributed by atoms with Crippen molar-refractivity contribution in [2.45, 2.75) is 57.7 Å². The summed E-state index contributed by atoms with van der Waals surface area (Å²) in [7, 11) is 1.61. The Morgan fingerprint density at radius 1 is 1.14 bits per heavy atom. The van der Waals surface area contributed by atoms with Gasteiger partial charge in [-0.2, -0.15) is 0 Å². The van der Waals surface area contributed by atoms with Crippen LogP contribution in [0.1, 0.15) is 58.8 Å². The van der Waals surface area contributed by atoms with Crippen molar-refractivity contribution in [1.29, 1.82) is 0 Å². The highest BCUT2D eigenvalue weighted by molar-refractivity contribution is 7.18. The molecule has 1 saturated heterocycles. The van der Waals surface area contributed by atoms with Crippen molar-refractivity contribution >= 4 is 22.2 Å². The van der Waals surface area contributed by atoms with Crippen molar-refractivity contribution in [2.24, 2.45) is 0 Å². The van der Waals surface area contributed by atoms with Gasteiger partial charge in [-0.3, -0.25) is 9.69 Å². The van der Waals surface area contributed by atoms with E-state index in [-0.39, 0.29) is 34.8 Å². The third-order valence-corrected chi connectivity index (χ3v) is 8.39. The van der Waals surface area contributed by atoms with Crippen molar-refractivity contribution in [1.82, 2.24) is 4.90 Å². The smallest absolute Gasteiger partial charge is 0.446 e. The number of aliphatic hydroxyl groups is 2. The maximum absolute atomic E-state index is 13.9. The molecule has 232 valence electrons. The van der Waals surface area contributed by atoms with Crippen molar-refractivity contribution in [2.75, 3.05) is 31.7 Å². The van der Waals surface area contributed by atoms with Gasteiger partial charge >= 0.3 is 6.36 Å². The number of carbonyl (C=O) groups excluding carboxylic acids is 1. The van der Waals surface area contributed by atoms with Crippen LogP contribution in [0.15, 0.2) is 48.5 Å². The maximum atomic E-state index is 13.9. The Morgan fingerprint density at radius 2 is 1.88 bits per heavy atom. The Labute approximate surface area is 251 Å². The molecule has 3 atom stereocenters. The molecule has 13 heteroatoms. The van der Waals surface area contributed by atoms with Gasteiger partial charge in [0.05, 0.1) is 17.7 Å². The molecule has 2 aromatic carbocycles. The number of anilines is 1. The minimum atomic E-state index is -4.89. The number of carbonyl (C=O) groups is 1. The van der Waals surface area contributed by atoms with Crippen LogP contribution in [0.2, 0.25) is 0 Å². The summed E-state index contributed by atoms with van der Waals surface area (Å²) < 4.78 is 59.9. The second kappa shape index (κ2) is 13.1. The van der Waals surface area contributed by atoms with Crippen LogP contribution in [0.4, 0.5) is 18.2 Å². The number of ether oxygens (including phenoxy) is 4. The maximum Gasteiger partial charge on any atom is 0.573 e. The molecule has 5 rings (SSSR count). The second-order valence-electron chi connectivity index (χ2n) is 10.4. The molecular formula is C30H33F3N2O7S. The van der Waals surface area contributed by atoms with E-state index in [1.54, 1.807) is 19.2 Å². The van der Waals surface area contributed by atoms with Crippen LogP contribution in [-0.4, -0.2) is 66.8 Å². The van der Waals surface area contributed by atoms with Crippen LogP contribution < -0.4 is 14.4 Å². The largest absolute Gasteiger partial charge is 0.573 e. The number of nitrogens with zero attached hydrogens (tertiary/aromatic N) is 2. The lowest BCUT2D eigenvalue weighted by Crippen LogP contribution is -2.54. The molecule has 2 aliphatic rings. The molecule has 0 radical (unpaired) electrons. The number of aliphatic hydroxyl groups excluding tert-OH is 2. The number of aryl methyl sites for hydroxylation is 1. The molecule has 0 spiro atoms. The molecule has 3 heterocycles. The van der Waals surface area contributed by atoms with Crippen LogP contribution in [0.3, 0.4) is 0 Å². The van der Waals surface area contributed by atoms with Gasteiger partial charge in [0.15, 0.2) is 11.4 Å². The zero-order valence-electron chi connectivity index (χ0n) is 23.7. The summed E-state index contributed by atoms with van der Waals surface area (Å²) >= 11 is 0.999. The zero-order chi connectivity index (χ0) is 30.7. The van der Waals surface area contributed by atoms with Gasteiger partial charge in [-0.05, 0) is 50.3 Å². The molecule has 0 aliphatic carbocycles. The highest BCUT2D eigenvalue weighted by Crippen LogP contribution is 2.50. The van der Waals surface area contributed by atoms with Gasteiger partial charge in [-0.1, -0.05) is 47.2 Å². The normalized spacial score (nSPS) is 19.7. The third kappa shape index (κ3) is 7.24. The molecule has 0 saturated carbocycles. The first-order valence-corrected chi connectivity index (χ1v) is 14.7. The van der Waals surface area contributed by atoms with Gasteiger partial charge in [0.25, 0.3) is 5.91 Å². The van der Waals surface area contributed by atoms with Crippen LogP contribution in [0, 0.1) is 6.92 Å². The van der Waals surface area contributed by atoms with Crippen LogP contribution in [0.25, 0.3) is 0 Å². The molecule has 9 nitrogen and oxygen atoms in total. The first kappa shape index (κ1) is 31.1. The van der Waals surface area contributed by atoms with Gasteiger partial charge in [-0.15, -0.1) is 13.2 Å². The lowest BCUT2D eigenvalue weighted by Gasteiger charge is -2.39. The fraction of sp³-hybridized carbons (Fsp3) is 0.433. The SMILES string of the molecule is Cc1ccc(C(O)c2c(Oc3cccc(OC(F)(F)F)c3)sc3c2C(=O)N(CCCOC2CCCCO2)C(O)N3C)cc1. The van der Waals surface area contributed by atoms with Crippen molar-refractivity contribution in [3.05, 3.63) is 70.8 Å². The summed E-state index contributed by atoms with van der Waals surface area (Å²) in [6, 6.07) is 12.1. The molecule has 43 heavy (non-hydrogen) atoms. The Hall–Kier alpha value is -3.36. The average Bonchev–Trinajstić information content (AvgIpc) is 3.34. The monoisotopic (exact) mass is 622 g/mol. The number of rotatable bonds is 10. The topological polar surface area (TPSA) is 101 Å². The number of fused-ring (bicyclic) bond motifs is 1. The summed E-state index contributed by atoms with van der Waals surface area (Å²) in [6.07, 6.45) is -4.53. The minimum absolute atomic E-state index is 0.00675. The van der Waals surface area contributed by atoms with E-state index in [1.807, 2.05) is 19.1 Å². The molecular weight excluding hydrogens is 589 g/mol. The molecule has 1 fully saturated rings. The number of amides is 1. The highest BCUT2D eigenvalue weighted by Gasteiger charge is 2.42. The van der Waals surface area contributed by atoms with Crippen LogP contribution >= 0.6 is 11.3 Å². The third-order valence-electron chi connectivity index (χ3n) is 7.21. The van der Waals surface area contributed by atoms with E-state index in [9.17, 15) is 28.2 Å². The number of halogens is 3.